The van der Waals surface area contributed by atoms with Gasteiger partial charge in [-0.15, -0.1) is 0 Å². The zero-order valence-electron chi connectivity index (χ0n) is 17.9. The van der Waals surface area contributed by atoms with Crippen molar-refractivity contribution in [3.63, 3.8) is 0 Å². The topological polar surface area (TPSA) is 95.5 Å². The number of aromatic nitrogens is 3. The van der Waals surface area contributed by atoms with Crippen LogP contribution in [0.25, 0.3) is 5.69 Å². The quantitative estimate of drug-likeness (QED) is 0.368. The average molecular weight is 577 g/mol. The average Bonchev–Trinajstić information content (AvgIpc) is 3.03. The van der Waals surface area contributed by atoms with Crippen LogP contribution < -0.4 is 16.1 Å². The van der Waals surface area contributed by atoms with Gasteiger partial charge in [-0.25, -0.2) is 23.5 Å². The molecule has 1 unspecified atom stereocenters. The SMILES string of the molecule is CC(=O)c1ccc(-n2c(=O)n3n(c2=O)C2C(=CC3)C(C)(C)Oc3c2cc(Br)c(O)c3Br)cc1. The molecule has 0 bridgehead atoms. The number of hydrogen-bond acceptors (Lipinski definition) is 5. The molecule has 33 heavy (non-hydrogen) atoms. The van der Waals surface area contributed by atoms with Crippen molar-refractivity contribution in [3.8, 4) is 17.2 Å². The number of allylic oxidation sites excluding steroid dienone is 1. The van der Waals surface area contributed by atoms with E-state index in [1.54, 1.807) is 30.3 Å². The summed E-state index contributed by atoms with van der Waals surface area (Å²) in [6.07, 6.45) is 1.91. The molecule has 0 amide bonds. The molecule has 0 spiro atoms. The summed E-state index contributed by atoms with van der Waals surface area (Å²) in [4.78, 5) is 38.6. The second kappa shape index (κ2) is 7.33. The zero-order chi connectivity index (χ0) is 23.8. The van der Waals surface area contributed by atoms with Crippen LogP contribution in [0.4, 0.5) is 0 Å². The highest BCUT2D eigenvalue weighted by Gasteiger charge is 2.45. The van der Waals surface area contributed by atoms with Gasteiger partial charge in [0.05, 0.1) is 16.7 Å². The van der Waals surface area contributed by atoms with Crippen LogP contribution in [-0.2, 0) is 6.54 Å². The molecule has 2 aliphatic rings. The van der Waals surface area contributed by atoms with Gasteiger partial charge < -0.3 is 9.84 Å². The van der Waals surface area contributed by atoms with E-state index in [4.69, 9.17) is 4.74 Å². The van der Waals surface area contributed by atoms with Crippen LogP contribution in [0.1, 0.15) is 42.7 Å². The molecule has 10 heteroatoms. The highest BCUT2D eigenvalue weighted by molar-refractivity contribution is 9.11. The number of rotatable bonds is 2. The van der Waals surface area contributed by atoms with E-state index in [0.717, 1.165) is 10.1 Å². The molecule has 0 aliphatic carbocycles. The van der Waals surface area contributed by atoms with Crippen molar-refractivity contribution in [2.75, 3.05) is 0 Å². The minimum Gasteiger partial charge on any atom is -0.505 e. The van der Waals surface area contributed by atoms with Gasteiger partial charge in [0.25, 0.3) is 0 Å². The van der Waals surface area contributed by atoms with Gasteiger partial charge in [-0.2, -0.15) is 0 Å². The monoisotopic (exact) mass is 575 g/mol. The number of ketones is 1. The summed E-state index contributed by atoms with van der Waals surface area (Å²) >= 11 is 6.76. The normalized spacial score (nSPS) is 18.0. The van der Waals surface area contributed by atoms with Crippen LogP contribution in [0.2, 0.25) is 0 Å². The van der Waals surface area contributed by atoms with Crippen molar-refractivity contribution < 1.29 is 14.6 Å². The van der Waals surface area contributed by atoms with E-state index in [1.165, 1.54) is 16.3 Å². The minimum absolute atomic E-state index is 0.0133. The molecule has 5 rings (SSSR count). The number of phenolic OH excluding ortho intramolecular Hbond substituents is 1. The Morgan fingerprint density at radius 2 is 1.82 bits per heavy atom. The number of benzene rings is 2. The lowest BCUT2D eigenvalue weighted by Crippen LogP contribution is -2.46. The number of carbonyl (C=O) groups is 1. The van der Waals surface area contributed by atoms with Gasteiger partial charge in [0.15, 0.2) is 5.78 Å². The molecular weight excluding hydrogens is 558 g/mol. The van der Waals surface area contributed by atoms with Gasteiger partial charge in [-0.05, 0) is 88.5 Å². The fourth-order valence-electron chi connectivity index (χ4n) is 4.51. The summed E-state index contributed by atoms with van der Waals surface area (Å²) in [6.45, 7) is 5.44. The van der Waals surface area contributed by atoms with E-state index >= 15 is 0 Å². The maximum Gasteiger partial charge on any atom is 0.352 e. The molecule has 8 nitrogen and oxygen atoms in total. The number of ether oxygens (including phenoxy) is 1. The number of phenols is 1. The first-order valence-corrected chi connectivity index (χ1v) is 11.8. The van der Waals surface area contributed by atoms with Crippen LogP contribution >= 0.6 is 31.9 Å². The Morgan fingerprint density at radius 1 is 1.15 bits per heavy atom. The Kier molecular flexibility index (Phi) is 4.88. The van der Waals surface area contributed by atoms with Crippen LogP contribution in [0.5, 0.6) is 11.5 Å². The van der Waals surface area contributed by atoms with E-state index in [2.05, 4.69) is 31.9 Å². The number of Topliss-reactive ketones (excluding diaryl/α,β-unsaturated/α-hetero) is 1. The number of fused-ring (bicyclic) bond motifs is 5. The highest BCUT2D eigenvalue weighted by Crippen LogP contribution is 2.52. The number of nitrogens with zero attached hydrogens (tertiary/aromatic N) is 3. The van der Waals surface area contributed by atoms with Gasteiger partial charge in [-0.1, -0.05) is 6.08 Å². The van der Waals surface area contributed by atoms with Gasteiger partial charge in [0, 0.05) is 11.1 Å². The second-order valence-corrected chi connectivity index (χ2v) is 10.2. The van der Waals surface area contributed by atoms with Crippen LogP contribution in [-0.4, -0.2) is 30.4 Å². The van der Waals surface area contributed by atoms with Crippen LogP contribution in [0, 0.1) is 0 Å². The number of carbonyl (C=O) groups excluding carboxylic acids is 1. The molecule has 1 aromatic heterocycles. The molecule has 0 fully saturated rings. The lowest BCUT2D eigenvalue weighted by Gasteiger charge is -2.43. The van der Waals surface area contributed by atoms with Crippen LogP contribution in [0.3, 0.4) is 0 Å². The van der Waals surface area contributed by atoms with Crippen molar-refractivity contribution in [1.82, 2.24) is 13.9 Å². The third-order valence-electron chi connectivity index (χ3n) is 6.14. The predicted octanol–water partition coefficient (Wildman–Crippen LogP) is 3.93. The van der Waals surface area contributed by atoms with Gasteiger partial charge >= 0.3 is 11.4 Å². The summed E-state index contributed by atoms with van der Waals surface area (Å²) in [5.41, 5.74) is 0.582. The number of hydrogen-bond donors (Lipinski definition) is 1. The standard InChI is InChI=1S/C23H19Br2N3O5/c1-11(29)12-4-6-13(7-5-12)27-21(31)26-9-8-15-18(28(26)22(27)32)14-10-16(24)19(30)17(25)20(14)33-23(15,2)3/h4-8,10,18,30H,9H2,1-3H3. The molecule has 3 aromatic rings. The van der Waals surface area contributed by atoms with Gasteiger partial charge in [0.1, 0.15) is 27.6 Å². The van der Waals surface area contributed by atoms with E-state index in [9.17, 15) is 19.5 Å². The molecule has 0 saturated heterocycles. The molecule has 2 aliphatic heterocycles. The molecule has 1 N–H and O–H groups in total. The van der Waals surface area contributed by atoms with Crippen molar-refractivity contribution in [1.29, 1.82) is 0 Å². The first-order valence-electron chi connectivity index (χ1n) is 10.2. The summed E-state index contributed by atoms with van der Waals surface area (Å²) in [7, 11) is 0. The van der Waals surface area contributed by atoms with Crippen molar-refractivity contribution in [2.24, 2.45) is 0 Å². The zero-order valence-corrected chi connectivity index (χ0v) is 21.1. The number of halogens is 2. The Balaban J connectivity index is 1.78. The van der Waals surface area contributed by atoms with Crippen molar-refractivity contribution in [3.05, 3.63) is 83.0 Å². The fourth-order valence-corrected chi connectivity index (χ4v) is 5.74. The molecule has 0 saturated carbocycles. The Labute approximate surface area is 205 Å². The first kappa shape index (κ1) is 22.0. The lowest BCUT2D eigenvalue weighted by atomic mass is 9.83. The molecule has 170 valence electrons. The van der Waals surface area contributed by atoms with E-state index < -0.39 is 23.0 Å². The summed E-state index contributed by atoms with van der Waals surface area (Å²) < 4.78 is 11.0. The van der Waals surface area contributed by atoms with Crippen molar-refractivity contribution in [2.45, 2.75) is 39.0 Å². The fraction of sp³-hybridized carbons (Fsp3) is 0.261. The highest BCUT2D eigenvalue weighted by atomic mass is 79.9. The first-order chi connectivity index (χ1) is 15.5. The van der Waals surface area contributed by atoms with Gasteiger partial charge in [-0.3, -0.25) is 4.79 Å². The molecule has 3 heterocycles. The molecular formula is C23H19Br2N3O5. The largest absolute Gasteiger partial charge is 0.505 e. The Morgan fingerprint density at radius 3 is 2.45 bits per heavy atom. The van der Waals surface area contributed by atoms with Gasteiger partial charge in [0.2, 0.25) is 0 Å². The lowest BCUT2D eigenvalue weighted by molar-refractivity contribution is 0.101. The summed E-state index contributed by atoms with van der Waals surface area (Å²) in [5.74, 6) is 0.297. The van der Waals surface area contributed by atoms with Crippen molar-refractivity contribution >= 4 is 37.6 Å². The van der Waals surface area contributed by atoms with Crippen LogP contribution in [0.15, 0.2) is 60.5 Å². The predicted molar refractivity (Wildman–Crippen MR) is 129 cm³/mol. The molecule has 2 aromatic carbocycles. The number of aromatic hydroxyl groups is 1. The minimum atomic E-state index is -0.785. The maximum atomic E-state index is 13.7. The third-order valence-corrected chi connectivity index (χ3v) is 7.48. The Bertz CT molecular complexity index is 1490. The van der Waals surface area contributed by atoms with E-state index in [0.29, 0.717) is 31.5 Å². The summed E-state index contributed by atoms with van der Waals surface area (Å²) in [5, 5.41) is 10.4. The summed E-state index contributed by atoms with van der Waals surface area (Å²) in [6, 6.07) is 7.47. The molecule has 1 atom stereocenters. The van der Waals surface area contributed by atoms with E-state index in [1.807, 2.05) is 19.9 Å². The molecule has 0 radical (unpaired) electrons. The second-order valence-electron chi connectivity index (χ2n) is 8.54. The maximum absolute atomic E-state index is 13.7. The van der Waals surface area contributed by atoms with E-state index in [-0.39, 0.29) is 18.1 Å². The third kappa shape index (κ3) is 3.11. The smallest absolute Gasteiger partial charge is 0.352 e. The Hall–Kier alpha value is -2.85.